The topological polar surface area (TPSA) is 79.7 Å². The van der Waals surface area contributed by atoms with Crippen LogP contribution in [-0.4, -0.2) is 49.2 Å². The largest absolute Gasteiger partial charge is 0.371 e. The van der Waals surface area contributed by atoms with Gasteiger partial charge < -0.3 is 25.7 Å². The summed E-state index contributed by atoms with van der Waals surface area (Å²) in [5.74, 6) is 0. The number of ether oxygens (including phenoxy) is 3. The molecular weight excluding hydrogens is 208 g/mol. The molecule has 6 unspecified atom stereocenters. The van der Waals surface area contributed by atoms with Crippen molar-refractivity contribution in [1.82, 2.24) is 0 Å². The minimum absolute atomic E-state index is 0.0436. The Morgan fingerprint density at radius 2 is 2.12 bits per heavy atom. The van der Waals surface area contributed by atoms with Crippen LogP contribution in [-0.2, 0) is 14.2 Å². The molecule has 16 heavy (non-hydrogen) atoms. The Balaban J connectivity index is 1.96. The fourth-order valence-electron chi connectivity index (χ4n) is 2.56. The molecule has 2 fully saturated rings. The lowest BCUT2D eigenvalue weighted by molar-refractivity contribution is -0.404. The minimum Gasteiger partial charge on any atom is -0.371 e. The molecule has 0 aliphatic carbocycles. The average molecular weight is 230 g/mol. The lowest BCUT2D eigenvalue weighted by Gasteiger charge is -2.63. The second kappa shape index (κ2) is 4.23. The van der Waals surface area contributed by atoms with Crippen LogP contribution >= 0.6 is 0 Å². The van der Waals surface area contributed by atoms with Gasteiger partial charge in [-0.15, -0.1) is 0 Å². The van der Waals surface area contributed by atoms with Crippen LogP contribution in [0.1, 0.15) is 20.8 Å². The zero-order valence-corrected chi connectivity index (χ0v) is 10.2. The van der Waals surface area contributed by atoms with Gasteiger partial charge in [-0.05, 0) is 20.8 Å². The zero-order valence-electron chi connectivity index (χ0n) is 10.2. The zero-order chi connectivity index (χ0) is 11.9. The van der Waals surface area contributed by atoms with Crippen molar-refractivity contribution in [3.05, 3.63) is 0 Å². The lowest BCUT2D eigenvalue weighted by atomic mass is 9.73. The first-order valence-corrected chi connectivity index (χ1v) is 5.90. The van der Waals surface area contributed by atoms with Gasteiger partial charge in [0.15, 0.2) is 0 Å². The predicted molar refractivity (Wildman–Crippen MR) is 60.1 cm³/mol. The molecule has 2 rings (SSSR count). The van der Waals surface area contributed by atoms with Gasteiger partial charge in [-0.25, -0.2) is 0 Å². The predicted octanol–water partition coefficient (Wildman–Crippen LogP) is -0.378. The quantitative estimate of drug-likeness (QED) is 0.688. The molecule has 0 aromatic carbocycles. The van der Waals surface area contributed by atoms with Crippen LogP contribution in [0.5, 0.6) is 0 Å². The summed E-state index contributed by atoms with van der Waals surface area (Å²) in [6.07, 6.45) is 0.0583. The second-order valence-electron chi connectivity index (χ2n) is 5.02. The molecule has 0 saturated carbocycles. The highest BCUT2D eigenvalue weighted by atomic mass is 16.7. The van der Waals surface area contributed by atoms with E-state index >= 15 is 0 Å². The van der Waals surface area contributed by atoms with Crippen molar-refractivity contribution in [2.45, 2.75) is 56.8 Å². The maximum absolute atomic E-state index is 5.88. The molecule has 0 bridgehead atoms. The highest BCUT2D eigenvalue weighted by Gasteiger charge is 2.67. The van der Waals surface area contributed by atoms with E-state index in [9.17, 15) is 0 Å². The van der Waals surface area contributed by atoms with Gasteiger partial charge in [0.2, 0.25) is 0 Å². The van der Waals surface area contributed by atoms with Gasteiger partial charge in [0.05, 0.1) is 19.3 Å². The number of hydrogen-bond donors (Lipinski definition) is 2. The Hall–Kier alpha value is -0.200. The maximum Gasteiger partial charge on any atom is 0.150 e. The van der Waals surface area contributed by atoms with E-state index in [1.165, 1.54) is 0 Å². The summed E-state index contributed by atoms with van der Waals surface area (Å²) in [6, 6.07) is 0.000557. The van der Waals surface area contributed by atoms with Crippen molar-refractivity contribution in [2.75, 3.05) is 13.2 Å². The van der Waals surface area contributed by atoms with E-state index in [1.54, 1.807) is 0 Å². The first-order valence-electron chi connectivity index (χ1n) is 5.90. The Labute approximate surface area is 96.4 Å². The molecule has 0 radical (unpaired) electrons. The third kappa shape index (κ3) is 1.67. The summed E-state index contributed by atoms with van der Waals surface area (Å²) < 4.78 is 17.1. The molecule has 0 amide bonds. The van der Waals surface area contributed by atoms with Gasteiger partial charge in [-0.2, -0.15) is 0 Å². The van der Waals surface area contributed by atoms with Crippen molar-refractivity contribution in [2.24, 2.45) is 11.5 Å². The molecule has 5 heteroatoms. The van der Waals surface area contributed by atoms with E-state index in [1.807, 2.05) is 20.8 Å². The maximum atomic E-state index is 5.88. The summed E-state index contributed by atoms with van der Waals surface area (Å²) in [4.78, 5) is 0. The first-order chi connectivity index (χ1) is 7.48. The molecule has 4 N–H and O–H groups in total. The van der Waals surface area contributed by atoms with Crippen molar-refractivity contribution in [3.63, 3.8) is 0 Å². The molecule has 1 spiro atoms. The van der Waals surface area contributed by atoms with Gasteiger partial charge in [-0.1, -0.05) is 0 Å². The summed E-state index contributed by atoms with van der Waals surface area (Å²) >= 11 is 0. The van der Waals surface area contributed by atoms with E-state index in [-0.39, 0.29) is 36.0 Å². The molecular formula is C11H22N2O3. The Kier molecular flexibility index (Phi) is 3.25. The standard InChI is InChI=1S/C11H22N2O3/c1-6(12)4-14-9-5-15-11(9)8(3)16-10(11)7(2)13/h6-10H,4-5,12-13H2,1-3H3. The number of hydrogen-bond acceptors (Lipinski definition) is 5. The fourth-order valence-corrected chi connectivity index (χ4v) is 2.56. The molecule has 6 atom stereocenters. The van der Waals surface area contributed by atoms with E-state index in [2.05, 4.69) is 0 Å². The van der Waals surface area contributed by atoms with Gasteiger partial charge >= 0.3 is 0 Å². The molecule has 2 saturated heterocycles. The summed E-state index contributed by atoms with van der Waals surface area (Å²) in [5, 5.41) is 0. The van der Waals surface area contributed by atoms with Crippen LogP contribution in [0.3, 0.4) is 0 Å². The van der Waals surface area contributed by atoms with Crippen molar-refractivity contribution in [3.8, 4) is 0 Å². The highest BCUT2D eigenvalue weighted by molar-refractivity contribution is 5.15. The Morgan fingerprint density at radius 1 is 1.44 bits per heavy atom. The Morgan fingerprint density at radius 3 is 2.50 bits per heavy atom. The van der Waals surface area contributed by atoms with E-state index in [0.717, 1.165) is 0 Å². The van der Waals surface area contributed by atoms with Gasteiger partial charge in [0.1, 0.15) is 17.8 Å². The number of nitrogens with two attached hydrogens (primary N) is 2. The second-order valence-corrected chi connectivity index (χ2v) is 5.02. The summed E-state index contributed by atoms with van der Waals surface area (Å²) in [6.45, 7) is 7.02. The average Bonchev–Trinajstić information content (AvgIpc) is 2.11. The van der Waals surface area contributed by atoms with Crippen molar-refractivity contribution < 1.29 is 14.2 Å². The summed E-state index contributed by atoms with van der Waals surface area (Å²) in [5.41, 5.74) is 11.2. The van der Waals surface area contributed by atoms with Crippen LogP contribution in [0.2, 0.25) is 0 Å². The molecule has 5 nitrogen and oxygen atoms in total. The van der Waals surface area contributed by atoms with Gasteiger partial charge in [0, 0.05) is 12.1 Å². The molecule has 94 valence electrons. The highest BCUT2D eigenvalue weighted by Crippen LogP contribution is 2.47. The lowest BCUT2D eigenvalue weighted by Crippen LogP contribution is -2.82. The molecule has 2 aliphatic heterocycles. The monoisotopic (exact) mass is 230 g/mol. The van der Waals surface area contributed by atoms with Crippen LogP contribution in [0.15, 0.2) is 0 Å². The fraction of sp³-hybridized carbons (Fsp3) is 1.00. The van der Waals surface area contributed by atoms with Gasteiger partial charge in [0.25, 0.3) is 0 Å². The molecule has 0 aromatic rings. The van der Waals surface area contributed by atoms with Crippen molar-refractivity contribution in [1.29, 1.82) is 0 Å². The minimum atomic E-state index is -0.330. The third-order valence-electron chi connectivity index (χ3n) is 3.46. The van der Waals surface area contributed by atoms with Crippen LogP contribution < -0.4 is 11.5 Å². The smallest absolute Gasteiger partial charge is 0.150 e. The SMILES string of the molecule is CC(N)COC1COC12C(C)OC2C(C)N. The first kappa shape index (κ1) is 12.3. The van der Waals surface area contributed by atoms with E-state index < -0.39 is 0 Å². The van der Waals surface area contributed by atoms with E-state index in [0.29, 0.717) is 13.2 Å². The Bertz CT molecular complexity index is 260. The molecule has 2 heterocycles. The normalized spacial score (nSPS) is 45.9. The van der Waals surface area contributed by atoms with Crippen LogP contribution in [0, 0.1) is 0 Å². The molecule has 0 aromatic heterocycles. The van der Waals surface area contributed by atoms with Crippen LogP contribution in [0.25, 0.3) is 0 Å². The van der Waals surface area contributed by atoms with Crippen molar-refractivity contribution >= 4 is 0 Å². The summed E-state index contributed by atoms with van der Waals surface area (Å²) in [7, 11) is 0. The van der Waals surface area contributed by atoms with Crippen LogP contribution in [0.4, 0.5) is 0 Å². The van der Waals surface area contributed by atoms with Gasteiger partial charge in [-0.3, -0.25) is 0 Å². The van der Waals surface area contributed by atoms with E-state index in [4.69, 9.17) is 25.7 Å². The molecule has 2 aliphatic rings. The third-order valence-corrected chi connectivity index (χ3v) is 3.46. The number of rotatable bonds is 4.